The largest absolute Gasteiger partial charge is 0.314 e. The highest BCUT2D eigenvalue weighted by Crippen LogP contribution is 2.48. The molecule has 1 atom stereocenters. The van der Waals surface area contributed by atoms with Crippen LogP contribution in [-0.2, 0) is 15.0 Å². The number of amides is 1. The molecule has 1 aliphatic carbocycles. The van der Waals surface area contributed by atoms with Crippen LogP contribution in [0, 0.1) is 0 Å². The summed E-state index contributed by atoms with van der Waals surface area (Å²) in [6.45, 7) is 0. The number of nitrogens with zero attached hydrogens (tertiary/aromatic N) is 1. The van der Waals surface area contributed by atoms with Gasteiger partial charge in [0.25, 0.3) is 0 Å². The van der Waals surface area contributed by atoms with Crippen molar-refractivity contribution in [3.8, 4) is 0 Å². The molecule has 0 radical (unpaired) electrons. The Labute approximate surface area is 111 Å². The van der Waals surface area contributed by atoms with Crippen LogP contribution in [0.4, 0.5) is 5.69 Å². The Bertz CT molecular complexity index is 555. The Morgan fingerprint density at radius 3 is 2.78 bits per heavy atom. The molecule has 1 saturated carbocycles. The normalized spacial score (nSPS) is 26.9. The molecule has 1 aromatic carbocycles. The summed E-state index contributed by atoms with van der Waals surface area (Å²) >= 11 is 6.03. The highest BCUT2D eigenvalue weighted by Gasteiger charge is 2.55. The van der Waals surface area contributed by atoms with Crippen LogP contribution in [0.25, 0.3) is 0 Å². The molecule has 18 heavy (non-hydrogen) atoms. The number of Topliss-reactive ketones (excluding diaryl/α,β-unsaturated/α-hetero) is 1. The van der Waals surface area contributed by atoms with E-state index in [0.717, 1.165) is 24.1 Å². The zero-order chi connectivity index (χ0) is 12.9. The second-order valence-electron chi connectivity index (χ2n) is 5.06. The van der Waals surface area contributed by atoms with Crippen LogP contribution in [-0.4, -0.2) is 18.7 Å². The summed E-state index contributed by atoms with van der Waals surface area (Å²) in [6, 6.07) is 5.37. The molecule has 0 aromatic heterocycles. The molecule has 1 spiro atoms. The summed E-state index contributed by atoms with van der Waals surface area (Å²) in [5.74, 6) is -0.0453. The summed E-state index contributed by atoms with van der Waals surface area (Å²) in [4.78, 5) is 26.5. The van der Waals surface area contributed by atoms with E-state index < -0.39 is 5.41 Å². The first-order valence-corrected chi connectivity index (χ1v) is 6.56. The highest BCUT2D eigenvalue weighted by molar-refractivity contribution is 6.31. The SMILES string of the molecule is CN1C(=O)C2(CCCCC2=O)c2cc(Cl)ccc21. The van der Waals surface area contributed by atoms with Crippen LogP contribution >= 0.6 is 11.6 Å². The molecule has 0 N–H and O–H groups in total. The monoisotopic (exact) mass is 263 g/mol. The van der Waals surface area contributed by atoms with Crippen LogP contribution in [0.5, 0.6) is 0 Å². The lowest BCUT2D eigenvalue weighted by Crippen LogP contribution is -2.46. The van der Waals surface area contributed by atoms with E-state index >= 15 is 0 Å². The minimum absolute atomic E-state index is 0.0478. The topological polar surface area (TPSA) is 37.4 Å². The third-order valence-corrected chi connectivity index (χ3v) is 4.37. The lowest BCUT2D eigenvalue weighted by molar-refractivity contribution is -0.135. The fraction of sp³-hybridized carbons (Fsp3) is 0.429. The van der Waals surface area contributed by atoms with Crippen LogP contribution in [0.2, 0.25) is 5.02 Å². The average molecular weight is 264 g/mol. The molecule has 0 bridgehead atoms. The Balaban J connectivity index is 2.25. The van der Waals surface area contributed by atoms with Crippen molar-refractivity contribution in [2.45, 2.75) is 31.1 Å². The van der Waals surface area contributed by atoms with Crippen molar-refractivity contribution >= 4 is 29.0 Å². The van der Waals surface area contributed by atoms with Gasteiger partial charge in [-0.1, -0.05) is 18.0 Å². The number of carbonyl (C=O) groups excluding carboxylic acids is 2. The van der Waals surface area contributed by atoms with Crippen molar-refractivity contribution in [2.24, 2.45) is 0 Å². The number of ketones is 1. The number of fused-ring (bicyclic) bond motifs is 2. The van der Waals surface area contributed by atoms with Gasteiger partial charge in [-0.2, -0.15) is 0 Å². The smallest absolute Gasteiger partial charge is 0.245 e. The molecule has 1 aromatic rings. The van der Waals surface area contributed by atoms with Crippen LogP contribution < -0.4 is 4.90 Å². The number of benzene rings is 1. The van der Waals surface area contributed by atoms with Crippen molar-refractivity contribution in [2.75, 3.05) is 11.9 Å². The lowest BCUT2D eigenvalue weighted by atomic mass is 9.69. The van der Waals surface area contributed by atoms with Gasteiger partial charge >= 0.3 is 0 Å². The standard InChI is InChI=1S/C14H14ClNO2/c1-16-11-6-5-9(15)8-10(11)14(13(16)18)7-3-2-4-12(14)17/h5-6,8H,2-4,7H2,1H3. The number of carbonyl (C=O) groups is 2. The molecule has 1 unspecified atom stereocenters. The molecule has 1 aliphatic heterocycles. The molecule has 1 fully saturated rings. The van der Waals surface area contributed by atoms with Gasteiger partial charge in [-0.05, 0) is 31.0 Å². The van der Waals surface area contributed by atoms with E-state index in [2.05, 4.69) is 0 Å². The molecule has 94 valence electrons. The third-order valence-electron chi connectivity index (χ3n) is 4.13. The van der Waals surface area contributed by atoms with Crippen molar-refractivity contribution in [3.05, 3.63) is 28.8 Å². The van der Waals surface area contributed by atoms with Gasteiger partial charge < -0.3 is 4.90 Å². The van der Waals surface area contributed by atoms with Gasteiger partial charge in [-0.25, -0.2) is 0 Å². The molecule has 4 heteroatoms. The van der Waals surface area contributed by atoms with Gasteiger partial charge in [0.05, 0.1) is 0 Å². The molecule has 1 amide bonds. The van der Waals surface area contributed by atoms with Crippen molar-refractivity contribution in [1.82, 2.24) is 0 Å². The molecule has 0 saturated heterocycles. The van der Waals surface area contributed by atoms with Gasteiger partial charge in [0.1, 0.15) is 5.41 Å². The van der Waals surface area contributed by atoms with E-state index in [9.17, 15) is 9.59 Å². The number of hydrogen-bond acceptors (Lipinski definition) is 2. The third kappa shape index (κ3) is 1.31. The van der Waals surface area contributed by atoms with Crippen LogP contribution in [0.3, 0.4) is 0 Å². The molecule has 3 nitrogen and oxygen atoms in total. The summed E-state index contributed by atoms with van der Waals surface area (Å²) in [6.07, 6.45) is 2.90. The van der Waals surface area contributed by atoms with E-state index in [1.165, 1.54) is 0 Å². The molecule has 2 aliphatic rings. The minimum atomic E-state index is -0.951. The summed E-state index contributed by atoms with van der Waals surface area (Å²) in [5.41, 5.74) is 0.666. The number of likely N-dealkylation sites (N-methyl/N-ethyl adjacent to an activating group) is 1. The first-order chi connectivity index (χ1) is 8.57. The molecule has 1 heterocycles. The van der Waals surface area contributed by atoms with E-state index in [0.29, 0.717) is 17.9 Å². The Morgan fingerprint density at radius 2 is 2.06 bits per heavy atom. The van der Waals surface area contributed by atoms with Gasteiger partial charge in [0.15, 0.2) is 5.78 Å². The fourth-order valence-electron chi connectivity index (χ4n) is 3.19. The maximum absolute atomic E-state index is 12.5. The molecular formula is C14H14ClNO2. The molecular weight excluding hydrogens is 250 g/mol. The molecule has 3 rings (SSSR count). The Morgan fingerprint density at radius 1 is 1.28 bits per heavy atom. The maximum Gasteiger partial charge on any atom is 0.245 e. The summed E-state index contributed by atoms with van der Waals surface area (Å²) in [7, 11) is 1.73. The maximum atomic E-state index is 12.5. The Hall–Kier alpha value is -1.35. The highest BCUT2D eigenvalue weighted by atomic mass is 35.5. The summed E-state index contributed by atoms with van der Waals surface area (Å²) in [5, 5.41) is 0.578. The lowest BCUT2D eigenvalue weighted by Gasteiger charge is -2.30. The van der Waals surface area contributed by atoms with Gasteiger partial charge in [0.2, 0.25) is 5.91 Å². The van der Waals surface area contributed by atoms with E-state index in [-0.39, 0.29) is 11.7 Å². The number of anilines is 1. The van der Waals surface area contributed by atoms with Gasteiger partial charge in [-0.15, -0.1) is 0 Å². The van der Waals surface area contributed by atoms with Crippen molar-refractivity contribution in [3.63, 3.8) is 0 Å². The number of halogens is 1. The van der Waals surface area contributed by atoms with Crippen molar-refractivity contribution < 1.29 is 9.59 Å². The second kappa shape index (κ2) is 3.82. The zero-order valence-corrected chi connectivity index (χ0v) is 11.0. The van der Waals surface area contributed by atoms with Crippen LogP contribution in [0.1, 0.15) is 31.2 Å². The fourth-order valence-corrected chi connectivity index (χ4v) is 3.37. The Kier molecular flexibility index (Phi) is 2.49. The van der Waals surface area contributed by atoms with Crippen LogP contribution in [0.15, 0.2) is 18.2 Å². The van der Waals surface area contributed by atoms with E-state index in [1.807, 2.05) is 6.07 Å². The van der Waals surface area contributed by atoms with Gasteiger partial charge in [-0.3, -0.25) is 9.59 Å². The minimum Gasteiger partial charge on any atom is -0.314 e. The van der Waals surface area contributed by atoms with E-state index in [1.54, 1.807) is 24.1 Å². The number of rotatable bonds is 0. The zero-order valence-electron chi connectivity index (χ0n) is 10.2. The summed E-state index contributed by atoms with van der Waals surface area (Å²) < 4.78 is 0. The predicted octanol–water partition coefficient (Wildman–Crippen LogP) is 2.70. The quantitative estimate of drug-likeness (QED) is 0.675. The second-order valence-corrected chi connectivity index (χ2v) is 5.50. The van der Waals surface area contributed by atoms with Crippen molar-refractivity contribution in [1.29, 1.82) is 0 Å². The van der Waals surface area contributed by atoms with E-state index in [4.69, 9.17) is 11.6 Å². The predicted molar refractivity (Wildman–Crippen MR) is 70.0 cm³/mol. The number of hydrogen-bond donors (Lipinski definition) is 0. The van der Waals surface area contributed by atoms with Gasteiger partial charge in [0, 0.05) is 29.7 Å². The average Bonchev–Trinajstić information content (AvgIpc) is 2.56. The first kappa shape index (κ1) is 11.7. The first-order valence-electron chi connectivity index (χ1n) is 6.19.